The summed E-state index contributed by atoms with van der Waals surface area (Å²) in [6.45, 7) is 0. The molecule has 1 aromatic carbocycles. The molecule has 6 heteroatoms. The second-order valence-corrected chi connectivity index (χ2v) is 4.80. The molecule has 0 saturated carbocycles. The van der Waals surface area contributed by atoms with Crippen molar-refractivity contribution in [3.05, 3.63) is 46.4 Å². The summed E-state index contributed by atoms with van der Waals surface area (Å²) in [6.07, 6.45) is 0.409. The van der Waals surface area contributed by atoms with Crippen LogP contribution in [0.25, 0.3) is 0 Å². The number of aromatic amines is 1. The minimum atomic E-state index is -0.270. The Hall–Kier alpha value is -1.82. The lowest BCUT2D eigenvalue weighted by Gasteiger charge is -2.00. The van der Waals surface area contributed by atoms with Crippen LogP contribution in [0.2, 0.25) is 0 Å². The molecule has 0 aliphatic rings. The van der Waals surface area contributed by atoms with Gasteiger partial charge in [-0.2, -0.15) is 0 Å². The first kappa shape index (κ1) is 12.6. The van der Waals surface area contributed by atoms with E-state index < -0.39 is 0 Å². The van der Waals surface area contributed by atoms with Crippen LogP contribution >= 0.6 is 11.8 Å². The molecule has 0 aliphatic heterocycles. The molecule has 0 unspecified atom stereocenters. The summed E-state index contributed by atoms with van der Waals surface area (Å²) in [5.74, 6) is 0.425. The van der Waals surface area contributed by atoms with Gasteiger partial charge in [0.05, 0.1) is 5.75 Å². The van der Waals surface area contributed by atoms with Crippen LogP contribution in [-0.4, -0.2) is 26.3 Å². The topological polar surface area (TPSA) is 67.8 Å². The van der Waals surface area contributed by atoms with Crippen LogP contribution in [0.15, 0.2) is 40.3 Å². The Morgan fingerprint density at radius 3 is 2.72 bits per heavy atom. The van der Waals surface area contributed by atoms with E-state index in [4.69, 9.17) is 0 Å². The molecule has 0 amide bonds. The van der Waals surface area contributed by atoms with Gasteiger partial charge in [0.2, 0.25) is 0 Å². The van der Waals surface area contributed by atoms with E-state index in [0.29, 0.717) is 17.3 Å². The van der Waals surface area contributed by atoms with E-state index in [2.05, 4.69) is 10.2 Å². The largest absolute Gasteiger partial charge is 0.343 e. The van der Waals surface area contributed by atoms with Gasteiger partial charge in [-0.15, -0.1) is 5.10 Å². The number of carbonyl (C=O) groups is 1. The van der Waals surface area contributed by atoms with Crippen molar-refractivity contribution in [3.8, 4) is 0 Å². The predicted octanol–water partition coefficient (Wildman–Crippen LogP) is 1.01. The first-order valence-corrected chi connectivity index (χ1v) is 6.45. The van der Waals surface area contributed by atoms with Gasteiger partial charge in [0, 0.05) is 13.5 Å². The van der Waals surface area contributed by atoms with Gasteiger partial charge in [-0.3, -0.25) is 9.36 Å². The molecule has 0 atom stereocenters. The zero-order chi connectivity index (χ0) is 13.0. The molecule has 1 aromatic heterocycles. The molecule has 5 nitrogen and oxygen atoms in total. The van der Waals surface area contributed by atoms with Gasteiger partial charge in [-0.25, -0.2) is 9.89 Å². The summed E-state index contributed by atoms with van der Waals surface area (Å²) < 4.78 is 1.39. The second kappa shape index (κ2) is 5.68. The smallest absolute Gasteiger partial charge is 0.298 e. The van der Waals surface area contributed by atoms with Gasteiger partial charge in [-0.1, -0.05) is 42.1 Å². The van der Waals surface area contributed by atoms with Crippen molar-refractivity contribution in [3.63, 3.8) is 0 Å². The lowest BCUT2D eigenvalue weighted by molar-refractivity contribution is -0.116. The summed E-state index contributed by atoms with van der Waals surface area (Å²) in [5.41, 5.74) is 0.729. The zero-order valence-corrected chi connectivity index (χ0v) is 10.7. The third kappa shape index (κ3) is 3.10. The number of benzene rings is 1. The van der Waals surface area contributed by atoms with Gasteiger partial charge in [0.25, 0.3) is 0 Å². The van der Waals surface area contributed by atoms with Crippen molar-refractivity contribution in [2.24, 2.45) is 7.05 Å². The normalized spacial score (nSPS) is 10.5. The third-order valence-corrected chi connectivity index (χ3v) is 3.53. The zero-order valence-electron chi connectivity index (χ0n) is 9.92. The van der Waals surface area contributed by atoms with Crippen LogP contribution in [0.3, 0.4) is 0 Å². The molecule has 94 valence electrons. The Morgan fingerprint density at radius 2 is 2.11 bits per heavy atom. The van der Waals surface area contributed by atoms with Crippen LogP contribution in [0.4, 0.5) is 0 Å². The fraction of sp³-hybridized carbons (Fsp3) is 0.250. The summed E-state index contributed by atoms with van der Waals surface area (Å²) >= 11 is 1.27. The molecule has 0 aliphatic carbocycles. The van der Waals surface area contributed by atoms with Gasteiger partial charge in [-0.05, 0) is 5.56 Å². The molecular formula is C12H13N3O2S. The highest BCUT2D eigenvalue weighted by atomic mass is 32.2. The van der Waals surface area contributed by atoms with Gasteiger partial charge >= 0.3 is 5.69 Å². The van der Waals surface area contributed by atoms with E-state index in [0.717, 1.165) is 5.56 Å². The molecular weight excluding hydrogens is 250 g/mol. The maximum atomic E-state index is 11.8. The lowest BCUT2D eigenvalue weighted by Crippen LogP contribution is -2.13. The van der Waals surface area contributed by atoms with E-state index in [1.165, 1.54) is 16.3 Å². The Labute approximate surface area is 108 Å². The molecule has 0 fully saturated rings. The van der Waals surface area contributed by atoms with Crippen LogP contribution in [0, 0.1) is 0 Å². The van der Waals surface area contributed by atoms with E-state index in [1.807, 2.05) is 30.3 Å². The fourth-order valence-electron chi connectivity index (χ4n) is 1.48. The Kier molecular flexibility index (Phi) is 3.99. The highest BCUT2D eigenvalue weighted by Crippen LogP contribution is 2.13. The Bertz CT molecular complexity index is 589. The summed E-state index contributed by atoms with van der Waals surface area (Å²) in [5, 5.41) is 6.70. The van der Waals surface area contributed by atoms with Crippen LogP contribution in [0.5, 0.6) is 0 Å². The number of hydrogen-bond donors (Lipinski definition) is 1. The maximum Gasteiger partial charge on any atom is 0.343 e. The lowest BCUT2D eigenvalue weighted by atomic mass is 10.1. The average Bonchev–Trinajstić information content (AvgIpc) is 2.69. The standard InChI is InChI=1S/C12H13N3O2S/c1-15-11(17)13-14-12(15)18-8-10(16)7-9-5-3-2-4-6-9/h2-6H,7-8H2,1H3,(H,13,17). The molecule has 2 rings (SSSR count). The number of rotatable bonds is 5. The highest BCUT2D eigenvalue weighted by Gasteiger charge is 2.09. The quantitative estimate of drug-likeness (QED) is 0.818. The Balaban J connectivity index is 1.89. The molecule has 1 heterocycles. The van der Waals surface area contributed by atoms with Crippen LogP contribution < -0.4 is 5.69 Å². The van der Waals surface area contributed by atoms with Gasteiger partial charge < -0.3 is 0 Å². The SMILES string of the molecule is Cn1c(SCC(=O)Cc2ccccc2)n[nH]c1=O. The second-order valence-electron chi connectivity index (χ2n) is 3.86. The number of H-pyrrole nitrogens is 1. The average molecular weight is 263 g/mol. The van der Waals surface area contributed by atoms with Crippen LogP contribution in [0.1, 0.15) is 5.56 Å². The maximum absolute atomic E-state index is 11.8. The number of Topliss-reactive ketones (excluding diaryl/α,β-unsaturated/α-hetero) is 1. The van der Waals surface area contributed by atoms with Crippen LogP contribution in [-0.2, 0) is 18.3 Å². The molecule has 18 heavy (non-hydrogen) atoms. The van der Waals surface area contributed by atoms with E-state index in [-0.39, 0.29) is 11.5 Å². The van der Waals surface area contributed by atoms with E-state index >= 15 is 0 Å². The molecule has 0 bridgehead atoms. The fourth-order valence-corrected chi connectivity index (χ4v) is 2.26. The van der Waals surface area contributed by atoms with E-state index in [1.54, 1.807) is 7.05 Å². The minimum Gasteiger partial charge on any atom is -0.298 e. The monoisotopic (exact) mass is 263 g/mol. The molecule has 1 N–H and O–H groups in total. The number of aromatic nitrogens is 3. The Morgan fingerprint density at radius 1 is 1.39 bits per heavy atom. The summed E-state index contributed by atoms with van der Waals surface area (Å²) in [7, 11) is 1.62. The van der Waals surface area contributed by atoms with Crippen molar-refractivity contribution in [2.75, 3.05) is 5.75 Å². The predicted molar refractivity (Wildman–Crippen MR) is 69.7 cm³/mol. The van der Waals surface area contributed by atoms with Gasteiger partial charge in [0.15, 0.2) is 5.16 Å². The van der Waals surface area contributed by atoms with Crippen molar-refractivity contribution < 1.29 is 4.79 Å². The minimum absolute atomic E-state index is 0.113. The van der Waals surface area contributed by atoms with E-state index in [9.17, 15) is 9.59 Å². The first-order chi connectivity index (χ1) is 8.66. The first-order valence-electron chi connectivity index (χ1n) is 5.46. The molecule has 0 radical (unpaired) electrons. The number of carbonyl (C=O) groups excluding carboxylic acids is 1. The molecule has 0 spiro atoms. The van der Waals surface area contributed by atoms with Crippen molar-refractivity contribution in [1.29, 1.82) is 0 Å². The van der Waals surface area contributed by atoms with Crippen molar-refractivity contribution >= 4 is 17.5 Å². The number of ketones is 1. The number of nitrogens with zero attached hydrogens (tertiary/aromatic N) is 2. The van der Waals surface area contributed by atoms with Crippen molar-refractivity contribution in [1.82, 2.24) is 14.8 Å². The van der Waals surface area contributed by atoms with Gasteiger partial charge in [0.1, 0.15) is 5.78 Å². The molecule has 0 saturated heterocycles. The van der Waals surface area contributed by atoms with Crippen molar-refractivity contribution in [2.45, 2.75) is 11.6 Å². The summed E-state index contributed by atoms with van der Waals surface area (Å²) in [6, 6.07) is 9.59. The highest BCUT2D eigenvalue weighted by molar-refractivity contribution is 7.99. The number of nitrogens with one attached hydrogen (secondary N) is 1. The third-order valence-electron chi connectivity index (χ3n) is 2.45. The number of hydrogen-bond acceptors (Lipinski definition) is 4. The summed E-state index contributed by atoms with van der Waals surface area (Å²) in [4.78, 5) is 22.9. The number of thioether (sulfide) groups is 1. The molecule has 2 aromatic rings.